The molecule has 0 heterocycles. The molecule has 0 aliphatic heterocycles. The number of aldehydes is 1. The molecular weight excluding hydrogens is 344 g/mol. The van der Waals surface area contributed by atoms with Gasteiger partial charge in [-0.15, -0.1) is 0 Å². The average Bonchev–Trinajstić information content (AvgIpc) is 2.73. The van der Waals surface area contributed by atoms with E-state index in [-0.39, 0.29) is 5.75 Å². The Balaban J connectivity index is 1.50. The lowest BCUT2D eigenvalue weighted by Gasteiger charge is -2.09. The first-order valence-electron chi connectivity index (χ1n) is 8.43. The molecule has 0 aromatic heterocycles. The minimum Gasteiger partial charge on any atom is -0.490 e. The Morgan fingerprint density at radius 3 is 2.00 bits per heavy atom. The first-order chi connectivity index (χ1) is 13.3. The van der Waals surface area contributed by atoms with Crippen molar-refractivity contribution < 1.29 is 23.8 Å². The summed E-state index contributed by atoms with van der Waals surface area (Å²) in [7, 11) is 0. The SMILES string of the molecule is O=Cc1ccccc1OC(=O)c1ccc(OCCOc2ccccc2)cc1. The normalized spacial score (nSPS) is 10.1. The molecule has 0 bridgehead atoms. The third-order valence-electron chi connectivity index (χ3n) is 3.70. The van der Waals surface area contributed by atoms with Crippen LogP contribution in [0, 0.1) is 0 Å². The van der Waals surface area contributed by atoms with Gasteiger partial charge in [0, 0.05) is 0 Å². The number of ether oxygens (including phenoxy) is 3. The zero-order valence-electron chi connectivity index (χ0n) is 14.5. The highest BCUT2D eigenvalue weighted by atomic mass is 16.5. The van der Waals surface area contributed by atoms with Crippen LogP contribution in [-0.4, -0.2) is 25.5 Å². The van der Waals surface area contributed by atoms with Gasteiger partial charge in [0.05, 0.1) is 11.1 Å². The lowest BCUT2D eigenvalue weighted by Crippen LogP contribution is -2.11. The minimum atomic E-state index is -0.539. The standard InChI is InChI=1S/C22H18O5/c23-16-18-6-4-5-9-21(18)27-22(24)17-10-12-20(13-11-17)26-15-14-25-19-7-2-1-3-8-19/h1-13,16H,14-15H2. The van der Waals surface area contributed by atoms with Gasteiger partial charge in [-0.3, -0.25) is 4.79 Å². The Bertz CT molecular complexity index is 888. The summed E-state index contributed by atoms with van der Waals surface area (Å²) in [6.45, 7) is 0.793. The van der Waals surface area contributed by atoms with Gasteiger partial charge in [-0.2, -0.15) is 0 Å². The van der Waals surface area contributed by atoms with Crippen LogP contribution >= 0.6 is 0 Å². The zero-order valence-corrected chi connectivity index (χ0v) is 14.5. The van der Waals surface area contributed by atoms with Crippen molar-refractivity contribution in [1.82, 2.24) is 0 Å². The number of benzene rings is 3. The molecule has 3 aromatic rings. The van der Waals surface area contributed by atoms with Gasteiger partial charge < -0.3 is 14.2 Å². The van der Waals surface area contributed by atoms with Gasteiger partial charge in [-0.05, 0) is 48.5 Å². The maximum Gasteiger partial charge on any atom is 0.343 e. The van der Waals surface area contributed by atoms with Crippen LogP contribution < -0.4 is 14.2 Å². The van der Waals surface area contributed by atoms with E-state index in [0.717, 1.165) is 5.75 Å². The Morgan fingerprint density at radius 1 is 0.741 bits per heavy atom. The summed E-state index contributed by atoms with van der Waals surface area (Å²) in [4.78, 5) is 23.2. The number of esters is 1. The molecule has 5 heteroatoms. The Labute approximate surface area is 157 Å². The monoisotopic (exact) mass is 362 g/mol. The van der Waals surface area contributed by atoms with Crippen molar-refractivity contribution in [3.63, 3.8) is 0 Å². The van der Waals surface area contributed by atoms with Crippen molar-refractivity contribution in [3.8, 4) is 17.2 Å². The number of hydrogen-bond donors (Lipinski definition) is 0. The summed E-state index contributed by atoms with van der Waals surface area (Å²) in [5, 5.41) is 0. The topological polar surface area (TPSA) is 61.8 Å². The zero-order chi connectivity index (χ0) is 18.9. The Hall–Kier alpha value is -3.60. The van der Waals surface area contributed by atoms with Crippen molar-refractivity contribution in [1.29, 1.82) is 0 Å². The van der Waals surface area contributed by atoms with E-state index in [4.69, 9.17) is 14.2 Å². The number of hydrogen-bond acceptors (Lipinski definition) is 5. The molecule has 3 aromatic carbocycles. The van der Waals surface area contributed by atoms with Crippen LogP contribution in [0.4, 0.5) is 0 Å². The predicted molar refractivity (Wildman–Crippen MR) is 101 cm³/mol. The molecule has 136 valence electrons. The second-order valence-electron chi connectivity index (χ2n) is 5.58. The van der Waals surface area contributed by atoms with E-state index >= 15 is 0 Å². The van der Waals surface area contributed by atoms with E-state index in [9.17, 15) is 9.59 Å². The molecule has 0 saturated heterocycles. The van der Waals surface area contributed by atoms with E-state index < -0.39 is 5.97 Å². The van der Waals surface area contributed by atoms with E-state index in [0.29, 0.717) is 36.4 Å². The van der Waals surface area contributed by atoms with Crippen molar-refractivity contribution in [2.45, 2.75) is 0 Å². The fourth-order valence-electron chi connectivity index (χ4n) is 2.35. The summed E-state index contributed by atoms with van der Waals surface area (Å²) in [5.41, 5.74) is 0.688. The van der Waals surface area contributed by atoms with Crippen LogP contribution in [0.15, 0.2) is 78.9 Å². The third kappa shape index (κ3) is 5.19. The smallest absolute Gasteiger partial charge is 0.343 e. The molecule has 3 rings (SSSR count). The van der Waals surface area contributed by atoms with E-state index in [1.807, 2.05) is 30.3 Å². The molecule has 0 N–H and O–H groups in total. The molecule has 27 heavy (non-hydrogen) atoms. The van der Waals surface area contributed by atoms with E-state index in [1.165, 1.54) is 0 Å². The number of para-hydroxylation sites is 2. The van der Waals surface area contributed by atoms with Gasteiger partial charge in [0.15, 0.2) is 6.29 Å². The predicted octanol–water partition coefficient (Wildman–Crippen LogP) is 4.18. The van der Waals surface area contributed by atoms with Crippen LogP contribution in [0.2, 0.25) is 0 Å². The fourth-order valence-corrected chi connectivity index (χ4v) is 2.35. The van der Waals surface area contributed by atoms with Gasteiger partial charge >= 0.3 is 5.97 Å². The second kappa shape index (κ2) is 9.20. The summed E-state index contributed by atoms with van der Waals surface area (Å²) in [6.07, 6.45) is 0.650. The molecule has 0 aliphatic rings. The molecule has 0 unspecified atom stereocenters. The highest BCUT2D eigenvalue weighted by Crippen LogP contribution is 2.19. The van der Waals surface area contributed by atoms with Crippen LogP contribution in [0.3, 0.4) is 0 Å². The largest absolute Gasteiger partial charge is 0.490 e. The second-order valence-corrected chi connectivity index (χ2v) is 5.58. The molecule has 0 radical (unpaired) electrons. The van der Waals surface area contributed by atoms with Gasteiger partial charge in [0.1, 0.15) is 30.5 Å². The minimum absolute atomic E-state index is 0.232. The lowest BCUT2D eigenvalue weighted by atomic mass is 10.2. The fraction of sp³-hybridized carbons (Fsp3) is 0.0909. The first-order valence-corrected chi connectivity index (χ1v) is 8.43. The van der Waals surface area contributed by atoms with Gasteiger partial charge in [-0.25, -0.2) is 4.79 Å². The lowest BCUT2D eigenvalue weighted by molar-refractivity contribution is 0.0733. The Kier molecular flexibility index (Phi) is 6.20. The number of carbonyl (C=O) groups excluding carboxylic acids is 2. The van der Waals surface area contributed by atoms with Crippen molar-refractivity contribution >= 4 is 12.3 Å². The van der Waals surface area contributed by atoms with Gasteiger partial charge in [0.2, 0.25) is 0 Å². The highest BCUT2D eigenvalue weighted by Gasteiger charge is 2.11. The Morgan fingerprint density at radius 2 is 1.33 bits per heavy atom. The molecule has 0 fully saturated rings. The van der Waals surface area contributed by atoms with Crippen molar-refractivity contribution in [2.75, 3.05) is 13.2 Å². The molecule has 0 aliphatic carbocycles. The van der Waals surface area contributed by atoms with Crippen LogP contribution in [0.5, 0.6) is 17.2 Å². The third-order valence-corrected chi connectivity index (χ3v) is 3.70. The number of rotatable bonds is 8. The maximum atomic E-state index is 12.2. The molecule has 5 nitrogen and oxygen atoms in total. The maximum absolute atomic E-state index is 12.2. The van der Waals surface area contributed by atoms with Crippen molar-refractivity contribution in [3.05, 3.63) is 90.0 Å². The molecule has 0 atom stereocenters. The van der Waals surface area contributed by atoms with Gasteiger partial charge in [0.25, 0.3) is 0 Å². The highest BCUT2D eigenvalue weighted by molar-refractivity contribution is 5.92. The van der Waals surface area contributed by atoms with E-state index in [1.54, 1.807) is 48.5 Å². The summed E-state index contributed by atoms with van der Waals surface area (Å²) in [5.74, 6) is 1.10. The number of carbonyl (C=O) groups is 2. The molecule has 0 saturated carbocycles. The first kappa shape index (κ1) is 18.2. The quantitative estimate of drug-likeness (QED) is 0.260. The molecule has 0 spiro atoms. The summed E-state index contributed by atoms with van der Waals surface area (Å²) >= 11 is 0. The van der Waals surface area contributed by atoms with Gasteiger partial charge in [-0.1, -0.05) is 30.3 Å². The molecule has 0 amide bonds. The van der Waals surface area contributed by atoms with Crippen molar-refractivity contribution in [2.24, 2.45) is 0 Å². The average molecular weight is 362 g/mol. The summed E-state index contributed by atoms with van der Waals surface area (Å²) < 4.78 is 16.4. The van der Waals surface area contributed by atoms with Crippen LogP contribution in [-0.2, 0) is 0 Å². The van der Waals surface area contributed by atoms with E-state index in [2.05, 4.69) is 0 Å². The summed E-state index contributed by atoms with van der Waals surface area (Å²) in [6, 6.07) is 22.6. The molecular formula is C22H18O5. The van der Waals surface area contributed by atoms with Crippen LogP contribution in [0.25, 0.3) is 0 Å². The van der Waals surface area contributed by atoms with Crippen LogP contribution in [0.1, 0.15) is 20.7 Å².